The Morgan fingerprint density at radius 3 is 2.45 bits per heavy atom. The first-order valence-electron chi connectivity index (χ1n) is 15.7. The van der Waals surface area contributed by atoms with Crippen molar-refractivity contribution in [3.05, 3.63) is 65.8 Å². The summed E-state index contributed by atoms with van der Waals surface area (Å²) >= 11 is 6.34. The molecule has 1 aromatic heterocycles. The first kappa shape index (κ1) is 34.0. The van der Waals surface area contributed by atoms with Crippen LogP contribution in [0.15, 0.2) is 75.7 Å². The normalized spacial score (nSPS) is 16.8. The molecule has 0 aliphatic carbocycles. The molecule has 1 amide bonds. The van der Waals surface area contributed by atoms with Crippen molar-refractivity contribution in [2.24, 2.45) is 26.3 Å². The number of azo groups is 2. The topological polar surface area (TPSA) is 141 Å². The van der Waals surface area contributed by atoms with E-state index in [0.717, 1.165) is 61.2 Å². The van der Waals surface area contributed by atoms with E-state index in [-0.39, 0.29) is 22.7 Å². The first-order valence-corrected chi connectivity index (χ1v) is 16.1. The molecule has 47 heavy (non-hydrogen) atoms. The van der Waals surface area contributed by atoms with E-state index in [1.807, 2.05) is 30.3 Å². The fraction of sp³-hybridized carbons (Fsp3) is 0.424. The van der Waals surface area contributed by atoms with Gasteiger partial charge in [-0.15, -0.1) is 20.5 Å². The zero-order valence-electron chi connectivity index (χ0n) is 27.4. The minimum Gasteiger partial charge on any atom is -0.494 e. The minimum absolute atomic E-state index is 0.0185. The highest BCUT2D eigenvalue weighted by molar-refractivity contribution is 6.32. The van der Waals surface area contributed by atoms with Crippen LogP contribution in [0.1, 0.15) is 38.2 Å². The maximum absolute atomic E-state index is 12.7. The smallest absolute Gasteiger partial charge is 0.271 e. The summed E-state index contributed by atoms with van der Waals surface area (Å²) in [6.45, 7) is 13.4. The Morgan fingerprint density at radius 2 is 1.77 bits per heavy atom. The summed E-state index contributed by atoms with van der Waals surface area (Å²) in [7, 11) is 3.73. The summed E-state index contributed by atoms with van der Waals surface area (Å²) in [6, 6.07) is 11.8. The van der Waals surface area contributed by atoms with Crippen molar-refractivity contribution in [2.75, 3.05) is 63.3 Å². The second-order valence-corrected chi connectivity index (χ2v) is 12.3. The average molecular weight is 660 g/mol. The highest BCUT2D eigenvalue weighted by Gasteiger charge is 2.29. The number of aromatic nitrogens is 2. The van der Waals surface area contributed by atoms with Gasteiger partial charge in [-0.05, 0) is 62.7 Å². The van der Waals surface area contributed by atoms with Crippen LogP contribution in [-0.4, -0.2) is 85.1 Å². The Hall–Kier alpha value is -4.30. The number of amides is 1. The van der Waals surface area contributed by atoms with Crippen LogP contribution in [-0.2, 0) is 4.79 Å². The number of carbonyl (C=O) groups is 1. The maximum atomic E-state index is 12.7. The zero-order valence-corrected chi connectivity index (χ0v) is 28.1. The molecule has 0 atom stereocenters. The molecule has 0 saturated carbocycles. The quantitative estimate of drug-likeness (QED) is 0.0833. The second-order valence-electron chi connectivity index (χ2n) is 11.9. The average Bonchev–Trinajstić information content (AvgIpc) is 3.10. The van der Waals surface area contributed by atoms with Crippen molar-refractivity contribution in [2.45, 2.75) is 38.6 Å². The van der Waals surface area contributed by atoms with Crippen LogP contribution in [0.4, 0.5) is 34.5 Å². The maximum Gasteiger partial charge on any atom is 0.271 e. The molecule has 2 aromatic carbocycles. The van der Waals surface area contributed by atoms with Crippen molar-refractivity contribution in [1.82, 2.24) is 19.8 Å². The number of likely N-dealkylation sites (tertiary alicyclic amines) is 1. The van der Waals surface area contributed by atoms with Gasteiger partial charge in [0.25, 0.3) is 11.9 Å². The van der Waals surface area contributed by atoms with E-state index in [2.05, 4.69) is 72.6 Å². The fourth-order valence-electron chi connectivity index (χ4n) is 5.87. The van der Waals surface area contributed by atoms with Gasteiger partial charge in [0.1, 0.15) is 16.5 Å². The molecule has 3 heterocycles. The molecule has 0 radical (unpaired) electrons. The molecule has 3 aromatic rings. The highest BCUT2D eigenvalue weighted by atomic mass is 35.5. The number of carbonyl (C=O) groups excluding carboxylic acids is 1. The predicted octanol–water partition coefficient (Wildman–Crippen LogP) is 6.70. The molecule has 2 fully saturated rings. The molecule has 2 N–H and O–H groups in total. The zero-order chi connectivity index (χ0) is 33.5. The molecule has 2 saturated heterocycles. The lowest BCUT2D eigenvalue weighted by molar-refractivity contribution is -0.114. The Labute approximate surface area is 280 Å². The number of piperidine rings is 1. The van der Waals surface area contributed by atoms with Crippen molar-refractivity contribution >= 4 is 52.0 Å². The molecule has 14 heteroatoms. The van der Waals surface area contributed by atoms with E-state index in [0.29, 0.717) is 23.2 Å². The van der Waals surface area contributed by atoms with Crippen LogP contribution in [0, 0.1) is 0 Å². The van der Waals surface area contributed by atoms with Crippen LogP contribution >= 0.6 is 11.6 Å². The van der Waals surface area contributed by atoms with E-state index in [9.17, 15) is 4.79 Å². The van der Waals surface area contributed by atoms with Crippen molar-refractivity contribution in [1.29, 1.82) is 0 Å². The van der Waals surface area contributed by atoms with Crippen LogP contribution in [0.5, 0.6) is 5.75 Å². The predicted molar refractivity (Wildman–Crippen MR) is 185 cm³/mol. The van der Waals surface area contributed by atoms with E-state index >= 15 is 0 Å². The summed E-state index contributed by atoms with van der Waals surface area (Å²) < 4.78 is 5.72. The molecule has 0 unspecified atom stereocenters. The number of nitrogens with two attached hydrogens (primary N) is 1. The van der Waals surface area contributed by atoms with Crippen molar-refractivity contribution < 1.29 is 9.53 Å². The molecule has 5 rings (SSSR count). The van der Waals surface area contributed by atoms with Gasteiger partial charge in [-0.1, -0.05) is 50.2 Å². The number of ether oxygens (including phenoxy) is 1. The second kappa shape index (κ2) is 15.5. The summed E-state index contributed by atoms with van der Waals surface area (Å²) in [5.41, 5.74) is 3.31. The summed E-state index contributed by atoms with van der Waals surface area (Å²) in [4.78, 5) is 28.4. The summed E-state index contributed by atoms with van der Waals surface area (Å²) in [5, 5.41) is 18.5. The van der Waals surface area contributed by atoms with Crippen molar-refractivity contribution in [3.8, 4) is 5.75 Å². The number of halogens is 1. The number of methoxy groups -OCH3 is 1. The van der Waals surface area contributed by atoms with E-state index in [1.54, 1.807) is 13.2 Å². The summed E-state index contributed by atoms with van der Waals surface area (Å²) in [6.07, 6.45) is 4.92. The lowest BCUT2D eigenvalue weighted by Gasteiger charge is -2.43. The number of hydrogen-bond acceptors (Lipinski definition) is 12. The molecular weight excluding hydrogens is 618 g/mol. The Kier molecular flexibility index (Phi) is 11.2. The third kappa shape index (κ3) is 8.17. The first-order chi connectivity index (χ1) is 22.7. The minimum atomic E-state index is -0.459. The van der Waals surface area contributed by atoms with Gasteiger partial charge in [0.2, 0.25) is 0 Å². The van der Waals surface area contributed by atoms with Crippen molar-refractivity contribution in [3.63, 3.8) is 0 Å². The van der Waals surface area contributed by atoms with E-state index in [4.69, 9.17) is 22.2 Å². The van der Waals surface area contributed by atoms with Gasteiger partial charge >= 0.3 is 0 Å². The third-order valence-corrected chi connectivity index (χ3v) is 8.84. The van der Waals surface area contributed by atoms with E-state index in [1.165, 1.54) is 25.1 Å². The summed E-state index contributed by atoms with van der Waals surface area (Å²) in [5.74, 6) is 6.75. The van der Waals surface area contributed by atoms with E-state index < -0.39 is 5.91 Å². The van der Waals surface area contributed by atoms with Gasteiger partial charge in [-0.3, -0.25) is 9.69 Å². The van der Waals surface area contributed by atoms with Gasteiger partial charge in [-0.25, -0.2) is 15.8 Å². The number of rotatable bonds is 10. The van der Waals surface area contributed by atoms with Gasteiger partial charge < -0.3 is 14.5 Å². The number of anilines is 2. The van der Waals surface area contributed by atoms with Crippen LogP contribution in [0.3, 0.4) is 0 Å². The molecule has 2 aliphatic heterocycles. The molecule has 0 spiro atoms. The molecular formula is C33H42ClN11O2. The molecule has 2 aliphatic rings. The largest absolute Gasteiger partial charge is 0.494 e. The number of hydrazine groups is 1. The van der Waals surface area contributed by atoms with Gasteiger partial charge in [-0.2, -0.15) is 4.98 Å². The number of benzene rings is 2. The monoisotopic (exact) mass is 659 g/mol. The Morgan fingerprint density at radius 1 is 1.06 bits per heavy atom. The number of nitrogens with zero attached hydrogens (tertiary/aromatic N) is 10. The van der Waals surface area contributed by atoms with Gasteiger partial charge in [0, 0.05) is 38.3 Å². The van der Waals surface area contributed by atoms with Crippen LogP contribution in [0.25, 0.3) is 0 Å². The molecule has 13 nitrogen and oxygen atoms in total. The Balaban J connectivity index is 1.40. The SMILES string of the molecule is C=CC(=O)N(N)c1cc(N=Nc2ncc(Cl)c(N=Nc3ccccc3C(C)C)n2)c(OC)cc1N1CCN(C2CCN(C)CC2)CC1. The lowest BCUT2D eigenvalue weighted by atomic mass is 10.0. The Bertz CT molecular complexity index is 1630. The highest BCUT2D eigenvalue weighted by Crippen LogP contribution is 2.41. The fourth-order valence-corrected chi connectivity index (χ4v) is 6.00. The molecule has 248 valence electrons. The van der Waals surface area contributed by atoms with Gasteiger partial charge in [0.15, 0.2) is 5.82 Å². The number of piperazine rings is 1. The standard InChI is InChI=1S/C33H42ClN11O2/c1-6-31(46)45(35)29-19-27(30(47-5)20-28(29)44-17-15-43(16-18-44)23-11-13-42(4)14-12-23)39-41-33-36-21-25(34)32(37-33)40-38-26-10-8-7-9-24(26)22(2)3/h6-10,19-23H,1,11-18,35H2,2-5H3. The third-order valence-electron chi connectivity index (χ3n) is 8.58. The lowest BCUT2D eigenvalue weighted by Crippen LogP contribution is -2.53. The van der Waals surface area contributed by atoms with Gasteiger partial charge in [0.05, 0.1) is 30.4 Å². The van der Waals surface area contributed by atoms with Crippen LogP contribution in [0.2, 0.25) is 5.02 Å². The van der Waals surface area contributed by atoms with Crippen LogP contribution < -0.4 is 20.5 Å². The number of hydrogen-bond donors (Lipinski definition) is 1. The molecule has 0 bridgehead atoms.